The maximum atomic E-state index is 6.18. The summed E-state index contributed by atoms with van der Waals surface area (Å²) < 4.78 is 12.0. The lowest BCUT2D eigenvalue weighted by atomic mass is 9.91. The summed E-state index contributed by atoms with van der Waals surface area (Å²) in [5, 5.41) is 5.05. The molecule has 32 heavy (non-hydrogen) atoms. The molecule has 0 saturated carbocycles. The molecule has 0 unspecified atom stereocenters. The summed E-state index contributed by atoms with van der Waals surface area (Å²) in [7, 11) is 1.76. The molecular weight excluding hydrogens is 394 g/mol. The van der Waals surface area contributed by atoms with Crippen LogP contribution in [0.4, 0.5) is 0 Å². The third-order valence-electron chi connectivity index (χ3n) is 6.72. The topological polar surface area (TPSA) is 21.7 Å². The largest absolute Gasteiger partial charge is 0.496 e. The average Bonchev–Trinajstić information content (AvgIpc) is 3.36. The van der Waals surface area contributed by atoms with Crippen LogP contribution >= 0.6 is 0 Å². The van der Waals surface area contributed by atoms with Crippen molar-refractivity contribution in [2.75, 3.05) is 33.4 Å². The first-order chi connectivity index (χ1) is 15.8. The van der Waals surface area contributed by atoms with E-state index in [1.165, 1.54) is 64.2 Å². The van der Waals surface area contributed by atoms with Crippen molar-refractivity contribution < 1.29 is 9.47 Å². The number of benzene rings is 4. The van der Waals surface area contributed by atoms with Gasteiger partial charge in [0, 0.05) is 18.5 Å². The molecule has 0 spiro atoms. The van der Waals surface area contributed by atoms with Crippen molar-refractivity contribution in [3.8, 4) is 5.75 Å². The second kappa shape index (κ2) is 9.72. The van der Waals surface area contributed by atoms with Gasteiger partial charge in [0.25, 0.3) is 0 Å². The average molecular weight is 426 g/mol. The maximum Gasteiger partial charge on any atom is 0.123 e. The van der Waals surface area contributed by atoms with Crippen LogP contribution < -0.4 is 4.74 Å². The monoisotopic (exact) mass is 425 g/mol. The van der Waals surface area contributed by atoms with Crippen LogP contribution in [-0.2, 0) is 17.8 Å². The summed E-state index contributed by atoms with van der Waals surface area (Å²) in [5.74, 6) is 0.942. The fourth-order valence-corrected chi connectivity index (χ4v) is 4.97. The van der Waals surface area contributed by atoms with Crippen LogP contribution in [0.5, 0.6) is 5.75 Å². The van der Waals surface area contributed by atoms with E-state index in [9.17, 15) is 0 Å². The van der Waals surface area contributed by atoms with Gasteiger partial charge in [0.05, 0.1) is 20.3 Å². The summed E-state index contributed by atoms with van der Waals surface area (Å²) >= 11 is 0. The molecule has 3 nitrogen and oxygen atoms in total. The van der Waals surface area contributed by atoms with E-state index in [2.05, 4.69) is 77.7 Å². The molecule has 4 aromatic carbocycles. The minimum Gasteiger partial charge on any atom is -0.496 e. The summed E-state index contributed by atoms with van der Waals surface area (Å²) in [4.78, 5) is 2.50. The molecule has 0 radical (unpaired) electrons. The molecule has 3 heteroatoms. The molecule has 0 N–H and O–H groups in total. The summed E-state index contributed by atoms with van der Waals surface area (Å²) in [5.41, 5.74) is 3.83. The van der Waals surface area contributed by atoms with Crippen molar-refractivity contribution in [3.05, 3.63) is 89.5 Å². The smallest absolute Gasteiger partial charge is 0.123 e. The standard InChI is InChI=1S/C29H31NO2/c1-31-29-15-14-23-9-3-5-11-26(23)28(29)20-27-24(13-12-22-8-2-4-10-25(22)27)21-32-19-18-30-16-6-7-17-30/h2-5,8-15H,6-7,16-21H2,1H3. The SMILES string of the molecule is COc1ccc2ccccc2c1Cc1c(COCCN2CCCC2)ccc2ccccc12. The lowest BCUT2D eigenvalue weighted by Crippen LogP contribution is -2.24. The number of rotatable bonds is 8. The fraction of sp³-hybridized carbons (Fsp3) is 0.310. The minimum atomic E-state index is 0.640. The predicted octanol–water partition coefficient (Wildman–Crippen LogP) is 6.20. The van der Waals surface area contributed by atoms with Crippen molar-refractivity contribution in [2.45, 2.75) is 25.9 Å². The van der Waals surface area contributed by atoms with E-state index in [-0.39, 0.29) is 0 Å². The Bertz CT molecular complexity index is 1210. The van der Waals surface area contributed by atoms with Gasteiger partial charge in [0.15, 0.2) is 0 Å². The molecule has 1 aliphatic heterocycles. The van der Waals surface area contributed by atoms with E-state index in [4.69, 9.17) is 9.47 Å². The number of fused-ring (bicyclic) bond motifs is 2. The quantitative estimate of drug-likeness (QED) is 0.314. The minimum absolute atomic E-state index is 0.640. The predicted molar refractivity (Wildman–Crippen MR) is 133 cm³/mol. The zero-order chi connectivity index (χ0) is 21.8. The molecule has 164 valence electrons. The normalized spacial score (nSPS) is 14.4. The first-order valence-electron chi connectivity index (χ1n) is 11.7. The number of likely N-dealkylation sites (tertiary alicyclic amines) is 1. The van der Waals surface area contributed by atoms with Crippen molar-refractivity contribution in [3.63, 3.8) is 0 Å². The highest BCUT2D eigenvalue weighted by Gasteiger charge is 2.15. The van der Waals surface area contributed by atoms with Crippen LogP contribution in [0, 0.1) is 0 Å². The molecule has 0 aromatic heterocycles. The molecule has 4 aromatic rings. The molecule has 1 fully saturated rings. The highest BCUT2D eigenvalue weighted by Crippen LogP contribution is 2.33. The van der Waals surface area contributed by atoms with Gasteiger partial charge in [-0.2, -0.15) is 0 Å². The van der Waals surface area contributed by atoms with Crippen LogP contribution in [0.25, 0.3) is 21.5 Å². The van der Waals surface area contributed by atoms with Crippen LogP contribution in [0.15, 0.2) is 72.8 Å². The van der Waals surface area contributed by atoms with Crippen molar-refractivity contribution in [1.29, 1.82) is 0 Å². The molecular formula is C29H31NO2. The second-order valence-corrected chi connectivity index (χ2v) is 8.67. The molecule has 1 saturated heterocycles. The summed E-state index contributed by atoms with van der Waals surface area (Å²) in [6, 6.07) is 25.9. The lowest BCUT2D eigenvalue weighted by molar-refractivity contribution is 0.0989. The van der Waals surface area contributed by atoms with Gasteiger partial charge < -0.3 is 14.4 Å². The Kier molecular flexibility index (Phi) is 6.38. The molecule has 0 amide bonds. The van der Waals surface area contributed by atoms with E-state index in [0.717, 1.165) is 25.3 Å². The Labute approximate surface area is 190 Å². The number of ether oxygens (including phenoxy) is 2. The van der Waals surface area contributed by atoms with Crippen LogP contribution in [-0.4, -0.2) is 38.3 Å². The third kappa shape index (κ3) is 4.36. The maximum absolute atomic E-state index is 6.18. The van der Waals surface area contributed by atoms with Crippen LogP contribution in [0.1, 0.15) is 29.5 Å². The first kappa shape index (κ1) is 21.0. The van der Waals surface area contributed by atoms with Gasteiger partial charge in [-0.1, -0.05) is 66.7 Å². The Morgan fingerprint density at radius 3 is 2.12 bits per heavy atom. The number of hydrogen-bond donors (Lipinski definition) is 0. The van der Waals surface area contributed by atoms with Gasteiger partial charge in [-0.3, -0.25) is 0 Å². The Hall–Kier alpha value is -2.88. The van der Waals surface area contributed by atoms with E-state index in [1.54, 1.807) is 7.11 Å². The van der Waals surface area contributed by atoms with Gasteiger partial charge in [-0.05, 0) is 64.7 Å². The fourth-order valence-electron chi connectivity index (χ4n) is 4.97. The first-order valence-corrected chi connectivity index (χ1v) is 11.7. The molecule has 0 atom stereocenters. The number of hydrogen-bond acceptors (Lipinski definition) is 3. The Morgan fingerprint density at radius 1 is 0.750 bits per heavy atom. The van der Waals surface area contributed by atoms with Crippen LogP contribution in [0.3, 0.4) is 0 Å². The number of nitrogens with zero attached hydrogens (tertiary/aromatic N) is 1. The zero-order valence-electron chi connectivity index (χ0n) is 18.8. The van der Waals surface area contributed by atoms with E-state index in [0.29, 0.717) is 6.61 Å². The van der Waals surface area contributed by atoms with Gasteiger partial charge in [-0.15, -0.1) is 0 Å². The van der Waals surface area contributed by atoms with Gasteiger partial charge in [0.2, 0.25) is 0 Å². The van der Waals surface area contributed by atoms with Gasteiger partial charge >= 0.3 is 0 Å². The summed E-state index contributed by atoms with van der Waals surface area (Å²) in [6.07, 6.45) is 3.46. The highest BCUT2D eigenvalue weighted by molar-refractivity contribution is 5.91. The lowest BCUT2D eigenvalue weighted by Gasteiger charge is -2.18. The Balaban J connectivity index is 1.48. The number of methoxy groups -OCH3 is 1. The molecule has 1 heterocycles. The van der Waals surface area contributed by atoms with Crippen molar-refractivity contribution >= 4 is 21.5 Å². The van der Waals surface area contributed by atoms with Gasteiger partial charge in [0.1, 0.15) is 5.75 Å². The summed E-state index contributed by atoms with van der Waals surface area (Å²) in [6.45, 7) is 4.88. The molecule has 5 rings (SSSR count). The van der Waals surface area contributed by atoms with Crippen LogP contribution in [0.2, 0.25) is 0 Å². The molecule has 0 aliphatic carbocycles. The molecule has 0 bridgehead atoms. The second-order valence-electron chi connectivity index (χ2n) is 8.67. The zero-order valence-corrected chi connectivity index (χ0v) is 18.8. The Morgan fingerprint density at radius 2 is 1.41 bits per heavy atom. The third-order valence-corrected chi connectivity index (χ3v) is 6.72. The highest BCUT2D eigenvalue weighted by atomic mass is 16.5. The van der Waals surface area contributed by atoms with Crippen molar-refractivity contribution in [1.82, 2.24) is 4.90 Å². The van der Waals surface area contributed by atoms with Gasteiger partial charge in [-0.25, -0.2) is 0 Å². The van der Waals surface area contributed by atoms with E-state index in [1.807, 2.05) is 0 Å². The van der Waals surface area contributed by atoms with E-state index < -0.39 is 0 Å². The molecule has 1 aliphatic rings. The van der Waals surface area contributed by atoms with Crippen molar-refractivity contribution in [2.24, 2.45) is 0 Å². The van der Waals surface area contributed by atoms with E-state index >= 15 is 0 Å².